The standard InChI is InChI=1S/C18H16N4O/c19-15(10-12-6-2-1-3-7-12)18-22-21-17(23-18)14-11-20-16-9-5-4-8-13(14)16/h1-9,11,15,20H,10,19H2/t15-/m0/s1. The van der Waals surface area contributed by atoms with E-state index < -0.39 is 0 Å². The molecule has 4 aromatic rings. The van der Waals surface area contributed by atoms with E-state index in [-0.39, 0.29) is 6.04 Å². The van der Waals surface area contributed by atoms with Crippen LogP contribution >= 0.6 is 0 Å². The van der Waals surface area contributed by atoms with Gasteiger partial charge in [-0.25, -0.2) is 0 Å². The predicted octanol–water partition coefficient (Wildman–Crippen LogP) is 3.46. The summed E-state index contributed by atoms with van der Waals surface area (Å²) in [5, 5.41) is 9.33. The maximum Gasteiger partial charge on any atom is 0.249 e. The highest BCUT2D eigenvalue weighted by Crippen LogP contribution is 2.28. The second kappa shape index (κ2) is 5.70. The first kappa shape index (κ1) is 13.7. The molecule has 5 heteroatoms. The molecule has 0 aliphatic carbocycles. The summed E-state index contributed by atoms with van der Waals surface area (Å²) in [6.07, 6.45) is 2.54. The van der Waals surface area contributed by atoms with Gasteiger partial charge in [-0.3, -0.25) is 0 Å². The Kier molecular flexibility index (Phi) is 3.40. The molecule has 0 radical (unpaired) electrons. The Morgan fingerprint density at radius 1 is 1.00 bits per heavy atom. The summed E-state index contributed by atoms with van der Waals surface area (Å²) in [6.45, 7) is 0. The summed E-state index contributed by atoms with van der Waals surface area (Å²) in [5.41, 5.74) is 9.28. The van der Waals surface area contributed by atoms with Crippen molar-refractivity contribution in [1.29, 1.82) is 0 Å². The predicted molar refractivity (Wildman–Crippen MR) is 88.7 cm³/mol. The van der Waals surface area contributed by atoms with Crippen molar-refractivity contribution in [2.24, 2.45) is 5.73 Å². The van der Waals surface area contributed by atoms with E-state index in [1.54, 1.807) is 0 Å². The van der Waals surface area contributed by atoms with E-state index in [9.17, 15) is 0 Å². The summed E-state index contributed by atoms with van der Waals surface area (Å²) in [7, 11) is 0. The maximum absolute atomic E-state index is 6.20. The molecule has 4 rings (SSSR count). The Morgan fingerprint density at radius 3 is 2.65 bits per heavy atom. The van der Waals surface area contributed by atoms with Crippen molar-refractivity contribution in [3.05, 3.63) is 72.2 Å². The molecule has 0 unspecified atom stereocenters. The fourth-order valence-corrected chi connectivity index (χ4v) is 2.70. The minimum atomic E-state index is -0.316. The first-order valence-electron chi connectivity index (χ1n) is 7.50. The number of hydrogen-bond donors (Lipinski definition) is 2. The molecule has 0 spiro atoms. The number of aromatic nitrogens is 3. The molecular weight excluding hydrogens is 288 g/mol. The molecule has 0 aliphatic rings. The molecule has 5 nitrogen and oxygen atoms in total. The van der Waals surface area contributed by atoms with Gasteiger partial charge in [0.25, 0.3) is 0 Å². The number of para-hydroxylation sites is 1. The van der Waals surface area contributed by atoms with Crippen molar-refractivity contribution in [1.82, 2.24) is 15.2 Å². The average molecular weight is 304 g/mol. The fraction of sp³-hybridized carbons (Fsp3) is 0.111. The highest BCUT2D eigenvalue weighted by molar-refractivity contribution is 5.93. The van der Waals surface area contributed by atoms with E-state index in [2.05, 4.69) is 15.2 Å². The van der Waals surface area contributed by atoms with Gasteiger partial charge < -0.3 is 15.1 Å². The summed E-state index contributed by atoms with van der Waals surface area (Å²) in [4.78, 5) is 3.21. The molecule has 0 bridgehead atoms. The van der Waals surface area contributed by atoms with Gasteiger partial charge in [0.15, 0.2) is 0 Å². The Morgan fingerprint density at radius 2 is 1.78 bits per heavy atom. The Bertz CT molecular complexity index is 926. The minimum absolute atomic E-state index is 0.316. The number of fused-ring (bicyclic) bond motifs is 1. The molecule has 3 N–H and O–H groups in total. The third-order valence-corrected chi connectivity index (χ3v) is 3.88. The lowest BCUT2D eigenvalue weighted by atomic mass is 10.1. The number of nitrogens with one attached hydrogen (secondary N) is 1. The van der Waals surface area contributed by atoms with E-state index in [1.807, 2.05) is 60.8 Å². The molecule has 0 amide bonds. The maximum atomic E-state index is 6.20. The molecule has 23 heavy (non-hydrogen) atoms. The van der Waals surface area contributed by atoms with Crippen LogP contribution in [0.3, 0.4) is 0 Å². The van der Waals surface area contributed by atoms with Gasteiger partial charge in [-0.05, 0) is 18.1 Å². The van der Waals surface area contributed by atoms with Gasteiger partial charge >= 0.3 is 0 Å². The van der Waals surface area contributed by atoms with Crippen LogP contribution in [0.2, 0.25) is 0 Å². The fourth-order valence-electron chi connectivity index (χ4n) is 2.70. The zero-order chi connectivity index (χ0) is 15.6. The number of nitrogens with two attached hydrogens (primary N) is 1. The second-order valence-corrected chi connectivity index (χ2v) is 5.49. The molecule has 0 fully saturated rings. The summed E-state index contributed by atoms with van der Waals surface area (Å²) in [6, 6.07) is 17.7. The van der Waals surface area contributed by atoms with Crippen LogP contribution in [0.4, 0.5) is 0 Å². The zero-order valence-corrected chi connectivity index (χ0v) is 12.4. The highest BCUT2D eigenvalue weighted by Gasteiger charge is 2.17. The Balaban J connectivity index is 1.61. The van der Waals surface area contributed by atoms with Gasteiger partial charge in [-0.1, -0.05) is 48.5 Å². The lowest BCUT2D eigenvalue weighted by Gasteiger charge is -2.06. The summed E-state index contributed by atoms with van der Waals surface area (Å²) >= 11 is 0. The molecule has 114 valence electrons. The quantitative estimate of drug-likeness (QED) is 0.605. The highest BCUT2D eigenvalue weighted by atomic mass is 16.4. The number of rotatable bonds is 4. The van der Waals surface area contributed by atoms with Crippen molar-refractivity contribution in [2.45, 2.75) is 12.5 Å². The third-order valence-electron chi connectivity index (χ3n) is 3.88. The van der Waals surface area contributed by atoms with Gasteiger partial charge in [0.2, 0.25) is 11.8 Å². The molecule has 1 atom stereocenters. The SMILES string of the molecule is N[C@@H](Cc1ccccc1)c1nnc(-c2c[nH]c3ccccc23)o1. The number of nitrogens with zero attached hydrogens (tertiary/aromatic N) is 2. The van der Waals surface area contributed by atoms with Crippen molar-refractivity contribution >= 4 is 10.9 Å². The van der Waals surface area contributed by atoms with Crippen LogP contribution < -0.4 is 5.73 Å². The van der Waals surface area contributed by atoms with Crippen LogP contribution in [0.15, 0.2) is 65.2 Å². The van der Waals surface area contributed by atoms with Crippen LogP contribution in [0.25, 0.3) is 22.4 Å². The van der Waals surface area contributed by atoms with Gasteiger partial charge in [0.1, 0.15) is 0 Å². The van der Waals surface area contributed by atoms with Crippen molar-refractivity contribution < 1.29 is 4.42 Å². The normalized spacial score (nSPS) is 12.6. The van der Waals surface area contributed by atoms with Crippen molar-refractivity contribution in [2.75, 3.05) is 0 Å². The Hall–Kier alpha value is -2.92. The second-order valence-electron chi connectivity index (χ2n) is 5.49. The number of hydrogen-bond acceptors (Lipinski definition) is 4. The van der Waals surface area contributed by atoms with Crippen LogP contribution in [-0.4, -0.2) is 15.2 Å². The summed E-state index contributed by atoms with van der Waals surface area (Å²) in [5.74, 6) is 0.940. The van der Waals surface area contributed by atoms with Crippen LogP contribution in [0.1, 0.15) is 17.5 Å². The van der Waals surface area contributed by atoms with E-state index >= 15 is 0 Å². The molecule has 0 saturated carbocycles. The van der Waals surface area contributed by atoms with Gasteiger partial charge in [0, 0.05) is 17.1 Å². The van der Waals surface area contributed by atoms with Gasteiger partial charge in [-0.2, -0.15) is 0 Å². The zero-order valence-electron chi connectivity index (χ0n) is 12.4. The smallest absolute Gasteiger partial charge is 0.249 e. The van der Waals surface area contributed by atoms with E-state index in [0.29, 0.717) is 18.2 Å². The van der Waals surface area contributed by atoms with Crippen LogP contribution in [0, 0.1) is 0 Å². The van der Waals surface area contributed by atoms with E-state index in [0.717, 1.165) is 22.0 Å². The lowest BCUT2D eigenvalue weighted by molar-refractivity contribution is 0.457. The van der Waals surface area contributed by atoms with E-state index in [4.69, 9.17) is 10.2 Å². The topological polar surface area (TPSA) is 80.7 Å². The first-order chi connectivity index (χ1) is 11.3. The van der Waals surface area contributed by atoms with E-state index in [1.165, 1.54) is 0 Å². The monoisotopic (exact) mass is 304 g/mol. The van der Waals surface area contributed by atoms with Crippen molar-refractivity contribution in [3.63, 3.8) is 0 Å². The van der Waals surface area contributed by atoms with Crippen LogP contribution in [0.5, 0.6) is 0 Å². The van der Waals surface area contributed by atoms with Crippen molar-refractivity contribution in [3.8, 4) is 11.5 Å². The molecule has 0 aliphatic heterocycles. The third kappa shape index (κ3) is 2.62. The largest absolute Gasteiger partial charge is 0.419 e. The minimum Gasteiger partial charge on any atom is -0.419 e. The number of benzene rings is 2. The number of H-pyrrole nitrogens is 1. The summed E-state index contributed by atoms with van der Waals surface area (Å²) < 4.78 is 5.80. The van der Waals surface area contributed by atoms with Crippen LogP contribution in [-0.2, 0) is 6.42 Å². The van der Waals surface area contributed by atoms with Gasteiger partial charge in [-0.15, -0.1) is 10.2 Å². The Labute approximate surface area is 133 Å². The molecular formula is C18H16N4O. The molecule has 2 aromatic carbocycles. The first-order valence-corrected chi connectivity index (χ1v) is 7.50. The number of aromatic amines is 1. The molecule has 2 heterocycles. The molecule has 2 aromatic heterocycles. The molecule has 0 saturated heterocycles. The van der Waals surface area contributed by atoms with Gasteiger partial charge in [0.05, 0.1) is 11.6 Å². The lowest BCUT2D eigenvalue weighted by Crippen LogP contribution is -2.13. The average Bonchev–Trinajstić information content (AvgIpc) is 3.22.